The summed E-state index contributed by atoms with van der Waals surface area (Å²) < 4.78 is 10.9. The monoisotopic (exact) mass is 298 g/mol. The minimum atomic E-state index is -0.264. The zero-order chi connectivity index (χ0) is 15.8. The third kappa shape index (κ3) is 4.92. The van der Waals surface area contributed by atoms with E-state index in [1.54, 1.807) is 12.1 Å². The summed E-state index contributed by atoms with van der Waals surface area (Å²) in [5, 5.41) is 0. The molecule has 0 saturated carbocycles. The molecule has 2 aromatic carbocycles. The van der Waals surface area contributed by atoms with Crippen LogP contribution in [-0.2, 0) is 11.3 Å². The van der Waals surface area contributed by atoms with Crippen molar-refractivity contribution < 1.29 is 14.3 Å². The van der Waals surface area contributed by atoms with E-state index in [0.29, 0.717) is 18.8 Å². The van der Waals surface area contributed by atoms with E-state index in [1.165, 1.54) is 5.56 Å². The number of rotatable bonds is 7. The van der Waals surface area contributed by atoms with E-state index in [2.05, 4.69) is 6.92 Å². The first kappa shape index (κ1) is 16.1. The van der Waals surface area contributed by atoms with Gasteiger partial charge in [0, 0.05) is 0 Å². The van der Waals surface area contributed by atoms with Crippen molar-refractivity contribution >= 4 is 5.97 Å². The Kier molecular flexibility index (Phi) is 6.01. The van der Waals surface area contributed by atoms with Crippen LogP contribution < -0.4 is 4.74 Å². The molecule has 0 unspecified atom stereocenters. The number of carbonyl (C=O) groups is 1. The molecule has 0 radical (unpaired) electrons. The number of unbranched alkanes of at least 4 members (excludes halogenated alkanes) is 1. The summed E-state index contributed by atoms with van der Waals surface area (Å²) in [6.07, 6.45) is 1.91. The molecule has 0 amide bonds. The summed E-state index contributed by atoms with van der Waals surface area (Å²) in [7, 11) is 0. The fraction of sp³-hybridized carbons (Fsp3) is 0.316. The molecular formula is C19H22O3. The van der Waals surface area contributed by atoms with Crippen LogP contribution in [0.5, 0.6) is 5.75 Å². The van der Waals surface area contributed by atoms with Gasteiger partial charge in [-0.2, -0.15) is 0 Å². The minimum Gasteiger partial charge on any atom is -0.489 e. The molecule has 0 spiro atoms. The Morgan fingerprint density at radius 2 is 1.68 bits per heavy atom. The van der Waals surface area contributed by atoms with Crippen molar-refractivity contribution in [2.75, 3.05) is 6.61 Å². The summed E-state index contributed by atoms with van der Waals surface area (Å²) in [6, 6.07) is 15.3. The van der Waals surface area contributed by atoms with Gasteiger partial charge >= 0.3 is 5.97 Å². The van der Waals surface area contributed by atoms with Crippen LogP contribution in [0.4, 0.5) is 0 Å². The lowest BCUT2D eigenvalue weighted by molar-refractivity contribution is 0.0499. The maximum Gasteiger partial charge on any atom is 0.338 e. The summed E-state index contributed by atoms with van der Waals surface area (Å²) >= 11 is 0. The molecule has 0 atom stereocenters. The summed E-state index contributed by atoms with van der Waals surface area (Å²) in [5.74, 6) is 0.577. The Morgan fingerprint density at radius 1 is 1.00 bits per heavy atom. The van der Waals surface area contributed by atoms with E-state index in [0.717, 1.165) is 24.2 Å². The van der Waals surface area contributed by atoms with Crippen LogP contribution in [0.3, 0.4) is 0 Å². The molecule has 0 saturated heterocycles. The predicted molar refractivity (Wildman–Crippen MR) is 87.1 cm³/mol. The van der Waals surface area contributed by atoms with Crippen LogP contribution in [-0.4, -0.2) is 12.6 Å². The molecule has 0 aliphatic carbocycles. The first-order valence-electron chi connectivity index (χ1n) is 7.64. The minimum absolute atomic E-state index is 0.264. The van der Waals surface area contributed by atoms with Crippen LogP contribution in [0.15, 0.2) is 48.5 Å². The van der Waals surface area contributed by atoms with Crippen molar-refractivity contribution in [1.82, 2.24) is 0 Å². The average Bonchev–Trinajstić information content (AvgIpc) is 2.55. The van der Waals surface area contributed by atoms with Gasteiger partial charge in [0.2, 0.25) is 0 Å². The van der Waals surface area contributed by atoms with E-state index < -0.39 is 0 Å². The molecule has 0 N–H and O–H groups in total. The molecular weight excluding hydrogens is 276 g/mol. The second-order valence-corrected chi connectivity index (χ2v) is 5.29. The summed E-state index contributed by atoms with van der Waals surface area (Å²) in [6.45, 7) is 5.07. The van der Waals surface area contributed by atoms with E-state index in [9.17, 15) is 4.79 Å². The first-order chi connectivity index (χ1) is 10.7. The van der Waals surface area contributed by atoms with Crippen molar-refractivity contribution in [1.29, 1.82) is 0 Å². The van der Waals surface area contributed by atoms with Gasteiger partial charge < -0.3 is 9.47 Å². The van der Waals surface area contributed by atoms with Crippen molar-refractivity contribution in [2.45, 2.75) is 33.3 Å². The van der Waals surface area contributed by atoms with Crippen LogP contribution in [0, 0.1) is 6.92 Å². The number of carbonyl (C=O) groups excluding carboxylic acids is 1. The molecule has 3 heteroatoms. The Labute approximate surface area is 131 Å². The standard InChI is InChI=1S/C19H22O3/c1-3-4-13-21-19(20)17-9-7-16(8-10-17)14-22-18-11-5-15(2)6-12-18/h5-12H,3-4,13-14H2,1-2H3. The number of aryl methyl sites for hydroxylation is 1. The lowest BCUT2D eigenvalue weighted by atomic mass is 10.1. The zero-order valence-electron chi connectivity index (χ0n) is 13.2. The molecule has 116 valence electrons. The van der Waals surface area contributed by atoms with Gasteiger partial charge in [-0.05, 0) is 43.2 Å². The van der Waals surface area contributed by atoms with Crippen LogP contribution >= 0.6 is 0 Å². The Balaban J connectivity index is 1.86. The number of hydrogen-bond donors (Lipinski definition) is 0. The van der Waals surface area contributed by atoms with Gasteiger partial charge in [-0.3, -0.25) is 0 Å². The van der Waals surface area contributed by atoms with Gasteiger partial charge in [0.25, 0.3) is 0 Å². The first-order valence-corrected chi connectivity index (χ1v) is 7.64. The highest BCUT2D eigenvalue weighted by Crippen LogP contribution is 2.14. The second kappa shape index (κ2) is 8.23. The molecule has 3 nitrogen and oxygen atoms in total. The van der Waals surface area contributed by atoms with Gasteiger partial charge in [-0.1, -0.05) is 43.2 Å². The number of ether oxygens (including phenoxy) is 2. The van der Waals surface area contributed by atoms with Crippen molar-refractivity contribution in [3.63, 3.8) is 0 Å². The fourth-order valence-electron chi connectivity index (χ4n) is 1.93. The summed E-state index contributed by atoms with van der Waals surface area (Å²) in [4.78, 5) is 11.8. The molecule has 2 rings (SSSR count). The number of esters is 1. The third-order valence-electron chi connectivity index (χ3n) is 3.35. The van der Waals surface area contributed by atoms with E-state index in [4.69, 9.17) is 9.47 Å². The SMILES string of the molecule is CCCCOC(=O)c1ccc(COc2ccc(C)cc2)cc1. The van der Waals surface area contributed by atoms with Gasteiger partial charge in [0.1, 0.15) is 12.4 Å². The molecule has 0 aliphatic heterocycles. The normalized spacial score (nSPS) is 10.3. The van der Waals surface area contributed by atoms with Crippen LogP contribution in [0.25, 0.3) is 0 Å². The summed E-state index contributed by atoms with van der Waals surface area (Å²) in [5.41, 5.74) is 2.80. The van der Waals surface area contributed by atoms with Crippen LogP contribution in [0.1, 0.15) is 41.3 Å². The lowest BCUT2D eigenvalue weighted by Gasteiger charge is -2.08. The van der Waals surface area contributed by atoms with E-state index in [-0.39, 0.29) is 5.97 Å². The smallest absolute Gasteiger partial charge is 0.338 e. The van der Waals surface area contributed by atoms with Crippen LogP contribution in [0.2, 0.25) is 0 Å². The molecule has 22 heavy (non-hydrogen) atoms. The lowest BCUT2D eigenvalue weighted by Crippen LogP contribution is -2.06. The molecule has 0 fully saturated rings. The van der Waals surface area contributed by atoms with E-state index >= 15 is 0 Å². The topological polar surface area (TPSA) is 35.5 Å². The molecule has 0 bridgehead atoms. The van der Waals surface area contributed by atoms with Crippen molar-refractivity contribution in [3.05, 3.63) is 65.2 Å². The highest BCUT2D eigenvalue weighted by molar-refractivity contribution is 5.89. The average molecular weight is 298 g/mol. The quantitative estimate of drug-likeness (QED) is 0.556. The zero-order valence-corrected chi connectivity index (χ0v) is 13.2. The van der Waals surface area contributed by atoms with Crippen molar-refractivity contribution in [2.24, 2.45) is 0 Å². The molecule has 0 aliphatic rings. The van der Waals surface area contributed by atoms with Gasteiger partial charge in [0.05, 0.1) is 12.2 Å². The Morgan fingerprint density at radius 3 is 2.32 bits per heavy atom. The van der Waals surface area contributed by atoms with E-state index in [1.807, 2.05) is 43.3 Å². The van der Waals surface area contributed by atoms with Gasteiger partial charge in [-0.25, -0.2) is 4.79 Å². The van der Waals surface area contributed by atoms with Gasteiger partial charge in [-0.15, -0.1) is 0 Å². The molecule has 0 heterocycles. The molecule has 2 aromatic rings. The maximum atomic E-state index is 11.8. The highest BCUT2D eigenvalue weighted by atomic mass is 16.5. The third-order valence-corrected chi connectivity index (χ3v) is 3.35. The fourth-order valence-corrected chi connectivity index (χ4v) is 1.93. The molecule has 0 aromatic heterocycles. The number of benzene rings is 2. The predicted octanol–water partition coefficient (Wildman–Crippen LogP) is 4.53. The van der Waals surface area contributed by atoms with Crippen molar-refractivity contribution in [3.8, 4) is 5.75 Å². The Bertz CT molecular complexity index is 585. The largest absolute Gasteiger partial charge is 0.489 e. The second-order valence-electron chi connectivity index (χ2n) is 5.29. The highest BCUT2D eigenvalue weighted by Gasteiger charge is 2.06. The van der Waals surface area contributed by atoms with Gasteiger partial charge in [0.15, 0.2) is 0 Å². The number of hydrogen-bond acceptors (Lipinski definition) is 3. The Hall–Kier alpha value is -2.29. The maximum absolute atomic E-state index is 11.8.